The Morgan fingerprint density at radius 1 is 1.37 bits per heavy atom. The maximum absolute atomic E-state index is 12.1. The number of halogens is 2. The number of hydrogen-bond donors (Lipinski definition) is 1. The Kier molecular flexibility index (Phi) is 6.51. The van der Waals surface area contributed by atoms with Crippen LogP contribution in [0.3, 0.4) is 0 Å². The summed E-state index contributed by atoms with van der Waals surface area (Å²) in [5.74, 6) is 1.00. The van der Waals surface area contributed by atoms with Crippen LogP contribution in [0.25, 0.3) is 5.52 Å². The van der Waals surface area contributed by atoms with Crippen molar-refractivity contribution < 1.29 is 9.13 Å². The van der Waals surface area contributed by atoms with Gasteiger partial charge >= 0.3 is 0 Å². The molecule has 0 aromatic carbocycles. The monoisotopic (exact) mass is 393 g/mol. The van der Waals surface area contributed by atoms with Crippen molar-refractivity contribution in [3.8, 4) is 6.07 Å². The summed E-state index contributed by atoms with van der Waals surface area (Å²) in [6, 6.07) is 2.22. The van der Waals surface area contributed by atoms with E-state index in [1.807, 2.05) is 0 Å². The van der Waals surface area contributed by atoms with Crippen LogP contribution in [-0.2, 0) is 4.74 Å². The maximum atomic E-state index is 12.1. The number of fused-ring (bicyclic) bond motifs is 1. The lowest BCUT2D eigenvalue weighted by molar-refractivity contribution is 0.0366. The molecule has 3 heterocycles. The van der Waals surface area contributed by atoms with Crippen LogP contribution in [0.5, 0.6) is 0 Å². The third-order valence-corrected chi connectivity index (χ3v) is 5.82. The molecule has 2 atom stereocenters. The molecule has 146 valence electrons. The zero-order chi connectivity index (χ0) is 19.4. The maximum Gasteiger partial charge on any atom is 0.238 e. The highest BCUT2D eigenvalue weighted by Crippen LogP contribution is 2.41. The molecule has 0 spiro atoms. The molecule has 2 aromatic rings. The Bertz CT molecular complexity index is 822. The van der Waals surface area contributed by atoms with Gasteiger partial charge in [0.15, 0.2) is 0 Å². The van der Waals surface area contributed by atoms with E-state index < -0.39 is 6.17 Å². The van der Waals surface area contributed by atoms with Gasteiger partial charge in [0.1, 0.15) is 17.8 Å². The highest BCUT2D eigenvalue weighted by Gasteiger charge is 2.29. The summed E-state index contributed by atoms with van der Waals surface area (Å²) < 4.78 is 18.6. The Morgan fingerprint density at radius 2 is 2.11 bits per heavy atom. The molecule has 0 amide bonds. The number of nitrogen functional groups attached to an aromatic ring is 1. The minimum atomic E-state index is -0.686. The highest BCUT2D eigenvalue weighted by atomic mass is 35.5. The zero-order valence-electron chi connectivity index (χ0n) is 15.5. The second kappa shape index (κ2) is 8.85. The van der Waals surface area contributed by atoms with Crippen LogP contribution < -0.4 is 5.73 Å². The standard InChI is InChI=1S/C14H16ClN5.C5H9FO/c1-8(9-4-2-3-5-9)13-10(6-16)12(15)11-7-18-14(17)19-20(11)13;6-5-2-1-3-7-4-5/h7-9H,2-5H2,1H3,(H2,17,19);5H,1-4H2. The van der Waals surface area contributed by atoms with Gasteiger partial charge in [-0.25, -0.2) is 13.9 Å². The lowest BCUT2D eigenvalue weighted by atomic mass is 9.88. The first-order chi connectivity index (χ1) is 13.0. The average molecular weight is 394 g/mol. The van der Waals surface area contributed by atoms with E-state index in [0.29, 0.717) is 35.0 Å². The molecular weight excluding hydrogens is 369 g/mol. The predicted molar refractivity (Wildman–Crippen MR) is 102 cm³/mol. The van der Waals surface area contributed by atoms with Gasteiger partial charge in [0.05, 0.1) is 29.1 Å². The molecule has 1 aliphatic carbocycles. The van der Waals surface area contributed by atoms with Crippen molar-refractivity contribution in [2.24, 2.45) is 5.92 Å². The zero-order valence-corrected chi connectivity index (χ0v) is 16.3. The van der Waals surface area contributed by atoms with Crippen LogP contribution in [0.15, 0.2) is 6.20 Å². The van der Waals surface area contributed by atoms with Gasteiger partial charge in [-0.3, -0.25) is 0 Å². The summed E-state index contributed by atoms with van der Waals surface area (Å²) in [6.07, 6.45) is 7.37. The molecule has 4 rings (SSSR count). The number of anilines is 1. The van der Waals surface area contributed by atoms with Crippen molar-refractivity contribution >= 4 is 23.1 Å². The summed E-state index contributed by atoms with van der Waals surface area (Å²) in [4.78, 5) is 3.97. The van der Waals surface area contributed by atoms with E-state index in [1.165, 1.54) is 25.7 Å². The number of nitriles is 1. The minimum absolute atomic E-state index is 0.188. The Hall–Kier alpha value is -1.91. The normalized spacial score (nSPS) is 21.5. The number of nitrogens with zero attached hydrogens (tertiary/aromatic N) is 4. The molecule has 2 aliphatic rings. The van der Waals surface area contributed by atoms with E-state index in [-0.39, 0.29) is 11.9 Å². The van der Waals surface area contributed by atoms with Crippen LogP contribution >= 0.6 is 11.6 Å². The van der Waals surface area contributed by atoms with Gasteiger partial charge in [0.25, 0.3) is 0 Å². The van der Waals surface area contributed by atoms with Crippen LogP contribution in [0.1, 0.15) is 62.6 Å². The fraction of sp³-hybridized carbons (Fsp3) is 0.632. The summed E-state index contributed by atoms with van der Waals surface area (Å²) in [6.45, 7) is 3.22. The predicted octanol–water partition coefficient (Wildman–Crippen LogP) is 4.27. The number of alkyl halides is 1. The van der Waals surface area contributed by atoms with E-state index in [0.717, 1.165) is 18.7 Å². The van der Waals surface area contributed by atoms with Gasteiger partial charge in [-0.15, -0.1) is 5.10 Å². The van der Waals surface area contributed by atoms with Crippen molar-refractivity contribution in [1.29, 1.82) is 5.26 Å². The number of rotatable bonds is 2. The molecule has 2 N–H and O–H groups in total. The Morgan fingerprint density at radius 3 is 2.67 bits per heavy atom. The molecule has 6 nitrogen and oxygen atoms in total. The van der Waals surface area contributed by atoms with Crippen LogP contribution in [-0.4, -0.2) is 34.0 Å². The van der Waals surface area contributed by atoms with Crippen LogP contribution in [0, 0.1) is 17.2 Å². The van der Waals surface area contributed by atoms with Crippen molar-refractivity contribution in [1.82, 2.24) is 14.6 Å². The third kappa shape index (κ3) is 4.33. The molecule has 1 saturated carbocycles. The molecule has 2 unspecified atom stereocenters. The van der Waals surface area contributed by atoms with Crippen molar-refractivity contribution in [3.05, 3.63) is 22.5 Å². The van der Waals surface area contributed by atoms with E-state index >= 15 is 0 Å². The van der Waals surface area contributed by atoms with Crippen molar-refractivity contribution in [2.75, 3.05) is 18.9 Å². The first-order valence-corrected chi connectivity index (χ1v) is 9.85. The number of nitrogens with two attached hydrogens (primary N) is 1. The van der Waals surface area contributed by atoms with E-state index in [9.17, 15) is 9.65 Å². The SMILES string of the molecule is CC(c1c(C#N)c(Cl)c2cnc(N)nn12)C1CCCC1.FC1CCCOC1. The molecule has 8 heteroatoms. The van der Waals surface area contributed by atoms with Gasteiger partial charge in [0, 0.05) is 12.5 Å². The molecular formula is C19H25ClFN5O. The van der Waals surface area contributed by atoms with E-state index in [4.69, 9.17) is 22.1 Å². The summed E-state index contributed by atoms with van der Waals surface area (Å²) >= 11 is 6.30. The topological polar surface area (TPSA) is 89.2 Å². The van der Waals surface area contributed by atoms with Crippen molar-refractivity contribution in [2.45, 2.75) is 57.5 Å². The summed E-state index contributed by atoms with van der Waals surface area (Å²) in [5, 5.41) is 14.1. The molecule has 0 radical (unpaired) electrons. The summed E-state index contributed by atoms with van der Waals surface area (Å²) in [5.41, 5.74) is 7.70. The lowest BCUT2D eigenvalue weighted by Gasteiger charge is -2.19. The number of aromatic nitrogens is 3. The van der Waals surface area contributed by atoms with Gasteiger partial charge in [-0.05, 0) is 31.6 Å². The first kappa shape index (κ1) is 19.8. The lowest BCUT2D eigenvalue weighted by Crippen LogP contribution is -2.17. The molecule has 27 heavy (non-hydrogen) atoms. The number of ether oxygens (including phenoxy) is 1. The van der Waals surface area contributed by atoms with E-state index in [2.05, 4.69) is 23.1 Å². The molecule has 1 aliphatic heterocycles. The second-order valence-corrected chi connectivity index (χ2v) is 7.63. The largest absolute Gasteiger partial charge is 0.378 e. The molecule has 0 bridgehead atoms. The van der Waals surface area contributed by atoms with Gasteiger partial charge in [0.2, 0.25) is 5.95 Å². The first-order valence-electron chi connectivity index (χ1n) is 9.47. The molecule has 1 saturated heterocycles. The van der Waals surface area contributed by atoms with Gasteiger partial charge in [-0.2, -0.15) is 5.26 Å². The van der Waals surface area contributed by atoms with E-state index in [1.54, 1.807) is 10.7 Å². The number of hydrogen-bond acceptors (Lipinski definition) is 5. The van der Waals surface area contributed by atoms with Crippen LogP contribution in [0.2, 0.25) is 5.02 Å². The minimum Gasteiger partial charge on any atom is -0.378 e. The second-order valence-electron chi connectivity index (χ2n) is 7.25. The van der Waals surface area contributed by atoms with Crippen LogP contribution in [0.4, 0.5) is 10.3 Å². The smallest absolute Gasteiger partial charge is 0.238 e. The fourth-order valence-electron chi connectivity index (χ4n) is 3.95. The third-order valence-electron chi connectivity index (χ3n) is 5.43. The quantitative estimate of drug-likeness (QED) is 0.823. The van der Waals surface area contributed by atoms with Gasteiger partial charge in [-0.1, -0.05) is 31.4 Å². The van der Waals surface area contributed by atoms with Gasteiger partial charge < -0.3 is 10.5 Å². The van der Waals surface area contributed by atoms with Crippen molar-refractivity contribution in [3.63, 3.8) is 0 Å². The fourth-order valence-corrected chi connectivity index (χ4v) is 4.22. The Labute approximate surface area is 163 Å². The Balaban J connectivity index is 0.000000253. The highest BCUT2D eigenvalue weighted by molar-refractivity contribution is 6.35. The molecule has 2 fully saturated rings. The average Bonchev–Trinajstić information content (AvgIpc) is 3.29. The summed E-state index contributed by atoms with van der Waals surface area (Å²) in [7, 11) is 0. The molecule has 2 aromatic heterocycles.